The van der Waals surface area contributed by atoms with Gasteiger partial charge in [0.1, 0.15) is 5.82 Å². The number of hydrogen-bond donors (Lipinski definition) is 1. The molecule has 126 valence electrons. The Hall–Kier alpha value is -1.17. The number of carbonyl (C=O) groups is 1. The average molecular weight is 365 g/mol. The largest absolute Gasteiger partial charge is 0.346 e. The second kappa shape index (κ2) is 5.16. The molecular weight excluding hydrogens is 347 g/mol. The maximum absolute atomic E-state index is 13.5. The lowest BCUT2D eigenvalue weighted by molar-refractivity contribution is -0.00138. The highest BCUT2D eigenvalue weighted by molar-refractivity contribution is 7.21. The molecule has 1 N–H and O–H groups in total. The van der Waals surface area contributed by atoms with Crippen molar-refractivity contribution >= 4 is 38.9 Å². The molecule has 24 heavy (non-hydrogen) atoms. The number of hydrogen-bond acceptors (Lipinski definition) is 3. The van der Waals surface area contributed by atoms with Gasteiger partial charge in [-0.1, -0.05) is 11.6 Å². The van der Waals surface area contributed by atoms with Crippen LogP contribution in [0.3, 0.4) is 0 Å². The van der Waals surface area contributed by atoms with Crippen LogP contribution >= 0.6 is 22.9 Å². The van der Waals surface area contributed by atoms with E-state index in [-0.39, 0.29) is 23.3 Å². The van der Waals surface area contributed by atoms with Crippen molar-refractivity contribution in [1.82, 2.24) is 10.2 Å². The fourth-order valence-electron chi connectivity index (χ4n) is 4.72. The van der Waals surface area contributed by atoms with Gasteiger partial charge in [-0.3, -0.25) is 9.69 Å². The Morgan fingerprint density at radius 3 is 2.75 bits per heavy atom. The number of piperidine rings is 3. The third-order valence-electron chi connectivity index (χ3n) is 6.03. The smallest absolute Gasteiger partial charge is 0.261 e. The molecule has 3 aliphatic heterocycles. The van der Waals surface area contributed by atoms with Crippen LogP contribution in [0.15, 0.2) is 18.2 Å². The summed E-state index contributed by atoms with van der Waals surface area (Å²) in [6.45, 7) is 2.35. The summed E-state index contributed by atoms with van der Waals surface area (Å²) in [6.07, 6.45) is 4.74. The molecule has 6 heteroatoms. The third kappa shape index (κ3) is 2.14. The molecule has 3 nitrogen and oxygen atoms in total. The Morgan fingerprint density at radius 2 is 2.04 bits per heavy atom. The highest BCUT2D eigenvalue weighted by Crippen LogP contribution is 2.53. The molecule has 0 unspecified atom stereocenters. The van der Waals surface area contributed by atoms with Crippen molar-refractivity contribution < 1.29 is 9.18 Å². The van der Waals surface area contributed by atoms with Crippen LogP contribution in [0.5, 0.6) is 0 Å². The Labute approximate surface area is 148 Å². The molecular formula is C18H18ClFN2OS. The lowest BCUT2D eigenvalue weighted by atomic mass is 9.77. The van der Waals surface area contributed by atoms with Crippen LogP contribution in [0.2, 0.25) is 5.02 Å². The first-order chi connectivity index (χ1) is 11.6. The second-order valence-electron chi connectivity index (χ2n) is 7.30. The topological polar surface area (TPSA) is 32.3 Å². The van der Waals surface area contributed by atoms with E-state index in [1.165, 1.54) is 62.2 Å². The van der Waals surface area contributed by atoms with Gasteiger partial charge >= 0.3 is 0 Å². The van der Waals surface area contributed by atoms with Crippen LogP contribution in [0.4, 0.5) is 4.39 Å². The van der Waals surface area contributed by atoms with Crippen LogP contribution in [-0.4, -0.2) is 35.5 Å². The summed E-state index contributed by atoms with van der Waals surface area (Å²) in [5.74, 6) is 0.182. The molecule has 1 aromatic heterocycles. The van der Waals surface area contributed by atoms with E-state index in [1.807, 2.05) is 0 Å². The van der Waals surface area contributed by atoms with Gasteiger partial charge in [-0.25, -0.2) is 4.39 Å². The van der Waals surface area contributed by atoms with Gasteiger partial charge < -0.3 is 5.32 Å². The molecule has 2 aromatic rings. The summed E-state index contributed by atoms with van der Waals surface area (Å²) in [5.41, 5.74) is 0.220. The average Bonchev–Trinajstić information content (AvgIpc) is 3.22. The monoisotopic (exact) mass is 364 g/mol. The van der Waals surface area contributed by atoms with Crippen molar-refractivity contribution in [3.8, 4) is 0 Å². The Bertz CT molecular complexity index is 839. The second-order valence-corrected chi connectivity index (χ2v) is 8.76. The van der Waals surface area contributed by atoms with Gasteiger partial charge in [-0.05, 0) is 68.3 Å². The summed E-state index contributed by atoms with van der Waals surface area (Å²) in [5, 5.41) is 4.38. The fourth-order valence-corrected chi connectivity index (χ4v) is 6.00. The number of nitrogens with one attached hydrogen (secondary N) is 1. The number of benzene rings is 1. The third-order valence-corrected chi connectivity index (χ3v) is 7.62. The first-order valence-corrected chi connectivity index (χ1v) is 9.71. The maximum atomic E-state index is 13.5. The fraction of sp³-hybridized carbons (Fsp3) is 0.500. The molecule has 4 fully saturated rings. The number of nitrogens with zero attached hydrogens (tertiary/aromatic N) is 1. The van der Waals surface area contributed by atoms with Crippen molar-refractivity contribution in [2.75, 3.05) is 13.1 Å². The number of fused-ring (bicyclic) bond motifs is 3. The maximum Gasteiger partial charge on any atom is 0.261 e. The number of halogens is 2. The van der Waals surface area contributed by atoms with Crippen LogP contribution in [-0.2, 0) is 0 Å². The van der Waals surface area contributed by atoms with Crippen molar-refractivity contribution in [2.45, 2.75) is 37.3 Å². The predicted molar refractivity (Wildman–Crippen MR) is 94.3 cm³/mol. The van der Waals surface area contributed by atoms with E-state index in [1.54, 1.807) is 6.07 Å². The first kappa shape index (κ1) is 15.1. The van der Waals surface area contributed by atoms with E-state index >= 15 is 0 Å². The van der Waals surface area contributed by atoms with E-state index in [4.69, 9.17) is 11.6 Å². The lowest BCUT2D eigenvalue weighted by Crippen LogP contribution is -2.65. The van der Waals surface area contributed by atoms with Crippen LogP contribution < -0.4 is 5.32 Å². The van der Waals surface area contributed by atoms with Gasteiger partial charge in [-0.15, -0.1) is 11.3 Å². The van der Waals surface area contributed by atoms with E-state index in [0.29, 0.717) is 21.2 Å². The Balaban J connectivity index is 1.44. The van der Waals surface area contributed by atoms with Crippen molar-refractivity contribution in [2.24, 2.45) is 5.92 Å². The van der Waals surface area contributed by atoms with Gasteiger partial charge in [0, 0.05) is 5.54 Å². The molecule has 6 rings (SSSR count). The minimum Gasteiger partial charge on any atom is -0.346 e. The summed E-state index contributed by atoms with van der Waals surface area (Å²) in [7, 11) is 0. The number of thiophene rings is 1. The summed E-state index contributed by atoms with van der Waals surface area (Å²) in [4.78, 5) is 16.0. The van der Waals surface area contributed by atoms with Gasteiger partial charge in [0.2, 0.25) is 0 Å². The molecule has 2 bridgehead atoms. The molecule has 4 aliphatic rings. The minimum atomic E-state index is -0.369. The minimum absolute atomic E-state index is 0.0438. The lowest BCUT2D eigenvalue weighted by Gasteiger charge is -2.52. The van der Waals surface area contributed by atoms with E-state index in [0.717, 1.165) is 4.70 Å². The number of carbonyl (C=O) groups excluding carboxylic acids is 1. The van der Waals surface area contributed by atoms with Gasteiger partial charge in [-0.2, -0.15) is 0 Å². The van der Waals surface area contributed by atoms with Gasteiger partial charge in [0.05, 0.1) is 20.6 Å². The zero-order valence-electron chi connectivity index (χ0n) is 13.1. The molecule has 0 radical (unpaired) electrons. The molecule has 3 saturated heterocycles. The van der Waals surface area contributed by atoms with E-state index < -0.39 is 0 Å². The molecule has 1 aliphatic carbocycles. The highest BCUT2D eigenvalue weighted by atomic mass is 35.5. The standard InChI is InChI=1S/C18H18ClFN2OS/c19-13-9-12(20)7-11-8-14(24-15(11)13)17(23)21-16-10-1-5-22(6-2-10)18(16)3-4-18/h7-10,16H,1-6H2,(H,21,23)/t16-/m1/s1. The molecule has 1 amide bonds. The van der Waals surface area contributed by atoms with E-state index in [9.17, 15) is 9.18 Å². The summed E-state index contributed by atoms with van der Waals surface area (Å²) >= 11 is 7.46. The highest BCUT2D eigenvalue weighted by Gasteiger charge is 2.60. The van der Waals surface area contributed by atoms with Crippen LogP contribution in [0.1, 0.15) is 35.4 Å². The summed E-state index contributed by atoms with van der Waals surface area (Å²) < 4.78 is 14.3. The van der Waals surface area contributed by atoms with E-state index in [2.05, 4.69) is 10.2 Å². The van der Waals surface area contributed by atoms with Crippen LogP contribution in [0.25, 0.3) is 10.1 Å². The van der Waals surface area contributed by atoms with Gasteiger partial charge in [0.15, 0.2) is 0 Å². The first-order valence-electron chi connectivity index (χ1n) is 8.51. The molecule has 1 spiro atoms. The summed E-state index contributed by atoms with van der Waals surface area (Å²) in [6, 6.07) is 4.75. The van der Waals surface area contributed by atoms with Crippen molar-refractivity contribution in [3.63, 3.8) is 0 Å². The predicted octanol–water partition coefficient (Wildman–Crippen LogP) is 4.05. The zero-order chi connectivity index (χ0) is 16.5. The van der Waals surface area contributed by atoms with Crippen LogP contribution in [0, 0.1) is 11.7 Å². The quantitative estimate of drug-likeness (QED) is 0.871. The zero-order valence-corrected chi connectivity index (χ0v) is 14.7. The molecule has 4 heterocycles. The number of rotatable bonds is 2. The molecule has 1 aromatic carbocycles. The Morgan fingerprint density at radius 1 is 1.29 bits per heavy atom. The van der Waals surface area contributed by atoms with Crippen molar-refractivity contribution in [3.05, 3.63) is 33.9 Å². The normalized spacial score (nSPS) is 30.0. The SMILES string of the molecule is O=C(N[C@@H]1C2CCN(CC2)C12CC2)c1cc2cc(F)cc(Cl)c2s1. The number of amides is 1. The van der Waals surface area contributed by atoms with Gasteiger partial charge in [0.25, 0.3) is 5.91 Å². The molecule has 1 saturated carbocycles. The molecule has 1 atom stereocenters. The Kier molecular flexibility index (Phi) is 3.25. The van der Waals surface area contributed by atoms with Crippen molar-refractivity contribution in [1.29, 1.82) is 0 Å².